The molecule has 0 aromatic heterocycles. The van der Waals surface area contributed by atoms with Crippen molar-refractivity contribution in [1.29, 1.82) is 0 Å². The zero-order chi connectivity index (χ0) is 13.2. The van der Waals surface area contributed by atoms with Crippen molar-refractivity contribution >= 4 is 5.84 Å². The van der Waals surface area contributed by atoms with Crippen LogP contribution < -0.4 is 11.1 Å². The predicted octanol–water partition coefficient (Wildman–Crippen LogP) is 1.87. The summed E-state index contributed by atoms with van der Waals surface area (Å²) in [5, 5.41) is 3.46. The molecule has 1 aromatic carbocycles. The van der Waals surface area contributed by atoms with Crippen LogP contribution in [0.25, 0.3) is 0 Å². The molecule has 1 aliphatic heterocycles. The van der Waals surface area contributed by atoms with Crippen LogP contribution in [0.2, 0.25) is 0 Å². The van der Waals surface area contributed by atoms with Crippen molar-refractivity contribution < 1.29 is 4.39 Å². The van der Waals surface area contributed by atoms with Gasteiger partial charge in [0.05, 0.1) is 6.04 Å². The Morgan fingerprint density at radius 2 is 2.16 bits per heavy atom. The highest BCUT2D eigenvalue weighted by Gasteiger charge is 2.34. The van der Waals surface area contributed by atoms with E-state index in [9.17, 15) is 4.39 Å². The highest BCUT2D eigenvalue weighted by atomic mass is 19.1. The number of nitrogens with two attached hydrogens (primary N) is 1. The summed E-state index contributed by atoms with van der Waals surface area (Å²) in [7, 11) is 0. The van der Waals surface area contributed by atoms with Crippen molar-refractivity contribution in [2.75, 3.05) is 6.54 Å². The normalized spacial score (nSPS) is 29.6. The van der Waals surface area contributed by atoms with Gasteiger partial charge in [-0.3, -0.25) is 4.99 Å². The van der Waals surface area contributed by atoms with Crippen molar-refractivity contribution in [3.05, 3.63) is 35.6 Å². The SMILES string of the molecule is NCC1CCC2N=C(Cc3ccccc3F)NC2C1. The standard InChI is InChI=1S/C15H20FN3/c16-12-4-2-1-3-11(12)8-15-18-13-6-5-10(9-17)7-14(13)19-15/h1-4,10,13-14H,5-9,17H2,(H,18,19). The maximum atomic E-state index is 13.6. The van der Waals surface area contributed by atoms with Gasteiger partial charge >= 0.3 is 0 Å². The zero-order valence-corrected chi connectivity index (χ0v) is 11.0. The largest absolute Gasteiger partial charge is 0.369 e. The molecule has 0 bridgehead atoms. The van der Waals surface area contributed by atoms with E-state index in [4.69, 9.17) is 10.7 Å². The molecule has 3 unspecified atom stereocenters. The van der Waals surface area contributed by atoms with E-state index >= 15 is 0 Å². The molecule has 3 rings (SSSR count). The van der Waals surface area contributed by atoms with Crippen molar-refractivity contribution in [1.82, 2.24) is 5.32 Å². The van der Waals surface area contributed by atoms with Crippen molar-refractivity contribution in [3.8, 4) is 0 Å². The molecule has 2 aliphatic rings. The van der Waals surface area contributed by atoms with E-state index < -0.39 is 0 Å². The molecule has 0 radical (unpaired) electrons. The van der Waals surface area contributed by atoms with Gasteiger partial charge in [-0.1, -0.05) is 18.2 Å². The van der Waals surface area contributed by atoms with E-state index in [1.165, 1.54) is 6.07 Å². The summed E-state index contributed by atoms with van der Waals surface area (Å²) >= 11 is 0. The molecule has 1 heterocycles. The monoisotopic (exact) mass is 261 g/mol. The highest BCUT2D eigenvalue weighted by molar-refractivity contribution is 5.86. The second kappa shape index (κ2) is 5.29. The number of halogens is 1. The number of hydrogen-bond donors (Lipinski definition) is 2. The van der Waals surface area contributed by atoms with Crippen LogP contribution in [0, 0.1) is 11.7 Å². The van der Waals surface area contributed by atoms with Gasteiger partial charge in [0.25, 0.3) is 0 Å². The van der Waals surface area contributed by atoms with E-state index in [1.807, 2.05) is 12.1 Å². The Morgan fingerprint density at radius 1 is 1.32 bits per heavy atom. The summed E-state index contributed by atoms with van der Waals surface area (Å²) in [5.74, 6) is 1.39. The van der Waals surface area contributed by atoms with E-state index in [0.29, 0.717) is 30.0 Å². The van der Waals surface area contributed by atoms with Gasteiger partial charge in [-0.25, -0.2) is 4.39 Å². The fourth-order valence-corrected chi connectivity index (χ4v) is 3.14. The van der Waals surface area contributed by atoms with Crippen LogP contribution >= 0.6 is 0 Å². The average molecular weight is 261 g/mol. The third kappa shape index (κ3) is 2.63. The first-order chi connectivity index (χ1) is 9.26. The molecule has 1 saturated carbocycles. The molecule has 0 amide bonds. The Hall–Kier alpha value is -1.42. The minimum Gasteiger partial charge on any atom is -0.369 e. The maximum absolute atomic E-state index is 13.6. The molecule has 0 spiro atoms. The lowest BCUT2D eigenvalue weighted by atomic mass is 9.83. The number of fused-ring (bicyclic) bond motifs is 1. The first kappa shape index (κ1) is 12.6. The van der Waals surface area contributed by atoms with E-state index in [-0.39, 0.29) is 5.82 Å². The molecule has 3 N–H and O–H groups in total. The van der Waals surface area contributed by atoms with Gasteiger partial charge in [0.2, 0.25) is 0 Å². The molecule has 1 aliphatic carbocycles. The van der Waals surface area contributed by atoms with Gasteiger partial charge in [0, 0.05) is 12.5 Å². The van der Waals surface area contributed by atoms with Crippen LogP contribution in [-0.4, -0.2) is 24.5 Å². The van der Waals surface area contributed by atoms with Crippen molar-refractivity contribution in [2.24, 2.45) is 16.6 Å². The predicted molar refractivity (Wildman–Crippen MR) is 74.6 cm³/mol. The van der Waals surface area contributed by atoms with Crippen LogP contribution in [-0.2, 0) is 6.42 Å². The number of benzene rings is 1. The quantitative estimate of drug-likeness (QED) is 0.872. The number of rotatable bonds is 3. The maximum Gasteiger partial charge on any atom is 0.126 e. The summed E-state index contributed by atoms with van der Waals surface area (Å²) in [6.45, 7) is 0.757. The van der Waals surface area contributed by atoms with Crippen LogP contribution in [0.4, 0.5) is 4.39 Å². The summed E-state index contributed by atoms with van der Waals surface area (Å²) in [4.78, 5) is 4.71. The smallest absolute Gasteiger partial charge is 0.126 e. The van der Waals surface area contributed by atoms with Crippen LogP contribution in [0.3, 0.4) is 0 Å². The Balaban J connectivity index is 1.67. The molecular weight excluding hydrogens is 241 g/mol. The minimum atomic E-state index is -0.151. The lowest BCUT2D eigenvalue weighted by Gasteiger charge is -2.29. The number of nitrogens with zero attached hydrogens (tertiary/aromatic N) is 1. The van der Waals surface area contributed by atoms with Gasteiger partial charge in [-0.2, -0.15) is 0 Å². The van der Waals surface area contributed by atoms with Gasteiger partial charge < -0.3 is 11.1 Å². The Morgan fingerprint density at radius 3 is 2.95 bits per heavy atom. The molecule has 1 aromatic rings. The number of aliphatic imine (C=N–C) groups is 1. The second-order valence-electron chi connectivity index (χ2n) is 5.58. The zero-order valence-electron chi connectivity index (χ0n) is 11.0. The van der Waals surface area contributed by atoms with Crippen LogP contribution in [0.1, 0.15) is 24.8 Å². The number of amidine groups is 1. The minimum absolute atomic E-state index is 0.151. The Labute approximate surface area is 113 Å². The third-order valence-corrected chi connectivity index (χ3v) is 4.25. The first-order valence-electron chi connectivity index (χ1n) is 7.03. The van der Waals surface area contributed by atoms with Gasteiger partial charge in [0.1, 0.15) is 11.7 Å². The molecule has 4 heteroatoms. The number of hydrogen-bond acceptors (Lipinski definition) is 3. The molecule has 3 nitrogen and oxygen atoms in total. The number of nitrogens with one attached hydrogen (secondary N) is 1. The highest BCUT2D eigenvalue weighted by Crippen LogP contribution is 2.29. The molecule has 3 atom stereocenters. The average Bonchev–Trinajstić information content (AvgIpc) is 2.82. The third-order valence-electron chi connectivity index (χ3n) is 4.25. The van der Waals surface area contributed by atoms with Crippen LogP contribution in [0.15, 0.2) is 29.3 Å². The van der Waals surface area contributed by atoms with Crippen molar-refractivity contribution in [3.63, 3.8) is 0 Å². The fourth-order valence-electron chi connectivity index (χ4n) is 3.14. The molecule has 0 saturated heterocycles. The van der Waals surface area contributed by atoms with Gasteiger partial charge in [0.15, 0.2) is 0 Å². The van der Waals surface area contributed by atoms with Crippen LogP contribution in [0.5, 0.6) is 0 Å². The second-order valence-corrected chi connectivity index (χ2v) is 5.58. The van der Waals surface area contributed by atoms with E-state index in [0.717, 1.165) is 31.6 Å². The van der Waals surface area contributed by atoms with Gasteiger partial charge in [-0.15, -0.1) is 0 Å². The molecule has 19 heavy (non-hydrogen) atoms. The summed E-state index contributed by atoms with van der Waals surface area (Å²) in [6, 6.07) is 7.68. The molecule has 102 valence electrons. The van der Waals surface area contributed by atoms with E-state index in [2.05, 4.69) is 5.32 Å². The Kier molecular flexibility index (Phi) is 3.51. The van der Waals surface area contributed by atoms with E-state index in [1.54, 1.807) is 6.07 Å². The molecule has 1 fully saturated rings. The Bertz CT molecular complexity index is 486. The summed E-state index contributed by atoms with van der Waals surface area (Å²) in [6.07, 6.45) is 3.91. The van der Waals surface area contributed by atoms with Crippen molar-refractivity contribution in [2.45, 2.75) is 37.8 Å². The molecular formula is C15H20FN3. The fraction of sp³-hybridized carbons (Fsp3) is 0.533. The van der Waals surface area contributed by atoms with Gasteiger partial charge in [-0.05, 0) is 43.4 Å². The lowest BCUT2D eigenvalue weighted by Crippen LogP contribution is -2.41. The summed E-state index contributed by atoms with van der Waals surface area (Å²) in [5.41, 5.74) is 6.46. The topological polar surface area (TPSA) is 50.4 Å². The summed E-state index contributed by atoms with van der Waals surface area (Å²) < 4.78 is 13.6. The first-order valence-corrected chi connectivity index (χ1v) is 7.03. The lowest BCUT2D eigenvalue weighted by molar-refractivity contribution is 0.294.